The fraction of sp³-hybridized carbons (Fsp3) is 0.333. The van der Waals surface area contributed by atoms with Crippen molar-refractivity contribution in [3.05, 3.63) is 69.1 Å². The number of carbonyl (C=O) groups is 1. The molecule has 0 radical (unpaired) electrons. The van der Waals surface area contributed by atoms with Crippen molar-refractivity contribution in [2.24, 2.45) is 11.1 Å². The molecule has 2 aliphatic rings. The molecular weight excluding hydrogens is 429 g/mol. The zero-order valence-corrected chi connectivity index (χ0v) is 19.4. The van der Waals surface area contributed by atoms with E-state index in [4.69, 9.17) is 5.73 Å². The Hall–Kier alpha value is -2.56. The maximum Gasteiger partial charge on any atom is 0.162 e. The van der Waals surface area contributed by atoms with E-state index in [-0.39, 0.29) is 22.7 Å². The van der Waals surface area contributed by atoms with Gasteiger partial charge in [-0.05, 0) is 41.2 Å². The van der Waals surface area contributed by atoms with E-state index in [9.17, 15) is 14.4 Å². The van der Waals surface area contributed by atoms with Gasteiger partial charge >= 0.3 is 0 Å². The van der Waals surface area contributed by atoms with Crippen molar-refractivity contribution >= 4 is 34.6 Å². The summed E-state index contributed by atoms with van der Waals surface area (Å²) >= 11 is 3.22. The summed E-state index contributed by atoms with van der Waals surface area (Å²) in [7, 11) is 0. The highest BCUT2D eigenvalue weighted by molar-refractivity contribution is 7.99. The number of hydrogen-bond donors (Lipinski definition) is 1. The number of nitrogens with zero attached hydrogens (tertiary/aromatic N) is 2. The van der Waals surface area contributed by atoms with Crippen LogP contribution in [0, 0.1) is 22.6 Å². The third kappa shape index (κ3) is 3.68. The Morgan fingerprint density at radius 1 is 1.32 bits per heavy atom. The van der Waals surface area contributed by atoms with E-state index >= 15 is 0 Å². The van der Waals surface area contributed by atoms with Gasteiger partial charge in [0, 0.05) is 27.5 Å². The molecule has 2 N–H and O–H groups in total. The predicted molar refractivity (Wildman–Crippen MR) is 124 cm³/mol. The number of nitriles is 1. The van der Waals surface area contributed by atoms with Crippen molar-refractivity contribution in [2.45, 2.75) is 44.4 Å². The number of anilines is 1. The predicted octanol–water partition coefficient (Wildman–Crippen LogP) is 5.94. The third-order valence-corrected chi connectivity index (χ3v) is 7.76. The van der Waals surface area contributed by atoms with Crippen LogP contribution in [0.2, 0.25) is 0 Å². The first-order valence-electron chi connectivity index (χ1n) is 10.2. The molecule has 0 saturated heterocycles. The van der Waals surface area contributed by atoms with Crippen molar-refractivity contribution in [1.29, 1.82) is 5.26 Å². The average Bonchev–Trinajstić information content (AvgIpc) is 3.15. The molecule has 0 amide bonds. The molecule has 1 unspecified atom stereocenters. The van der Waals surface area contributed by atoms with Crippen LogP contribution in [0.5, 0.6) is 0 Å². The summed E-state index contributed by atoms with van der Waals surface area (Å²) in [4.78, 5) is 17.1. The van der Waals surface area contributed by atoms with Gasteiger partial charge < -0.3 is 5.73 Å². The van der Waals surface area contributed by atoms with Gasteiger partial charge in [0.15, 0.2) is 5.78 Å². The second kappa shape index (κ2) is 8.18. The Kier molecular flexibility index (Phi) is 5.71. The molecule has 1 aliphatic heterocycles. The number of thioether (sulfide) groups is 1. The average molecular weight is 454 g/mol. The highest BCUT2D eigenvalue weighted by atomic mass is 32.2. The van der Waals surface area contributed by atoms with Crippen LogP contribution in [0.15, 0.2) is 63.3 Å². The Morgan fingerprint density at radius 2 is 2.06 bits per heavy atom. The highest BCUT2D eigenvalue weighted by Gasteiger charge is 2.45. The lowest BCUT2D eigenvalue weighted by Crippen LogP contribution is -2.42. The van der Waals surface area contributed by atoms with Gasteiger partial charge in [0.25, 0.3) is 0 Å². The number of hydrogen-bond acceptors (Lipinski definition) is 6. The van der Waals surface area contributed by atoms with Gasteiger partial charge in [0.05, 0.1) is 23.2 Å². The van der Waals surface area contributed by atoms with E-state index in [0.29, 0.717) is 29.7 Å². The quantitative estimate of drug-likeness (QED) is 0.580. The van der Waals surface area contributed by atoms with E-state index in [1.54, 1.807) is 34.9 Å². The van der Waals surface area contributed by atoms with Crippen LogP contribution >= 0.6 is 23.1 Å². The number of allylic oxidation sites excluding steroid dienone is 3. The first-order valence-corrected chi connectivity index (χ1v) is 12.1. The first kappa shape index (κ1) is 21.7. The molecule has 0 saturated carbocycles. The van der Waals surface area contributed by atoms with E-state index in [0.717, 1.165) is 15.5 Å². The molecule has 1 atom stereocenters. The van der Waals surface area contributed by atoms with Gasteiger partial charge in [-0.1, -0.05) is 32.9 Å². The number of carbonyl (C=O) groups excluding carboxylic acids is 1. The van der Waals surface area contributed by atoms with Crippen LogP contribution in [-0.2, 0) is 4.79 Å². The van der Waals surface area contributed by atoms with E-state index < -0.39 is 11.7 Å². The molecule has 1 aliphatic carbocycles. The zero-order chi connectivity index (χ0) is 22.3. The molecular formula is C24H24FN3OS2. The fourth-order valence-electron chi connectivity index (χ4n) is 4.47. The molecule has 0 bridgehead atoms. The number of para-hydroxylation sites is 1. The molecule has 7 heteroatoms. The van der Waals surface area contributed by atoms with E-state index in [1.165, 1.54) is 17.4 Å². The van der Waals surface area contributed by atoms with Gasteiger partial charge in [0.1, 0.15) is 11.6 Å². The number of halogens is 1. The van der Waals surface area contributed by atoms with Gasteiger partial charge in [0.2, 0.25) is 0 Å². The molecule has 0 fully saturated rings. The molecule has 1 aromatic carbocycles. The van der Waals surface area contributed by atoms with Crippen LogP contribution in [0.4, 0.5) is 10.1 Å². The van der Waals surface area contributed by atoms with Crippen LogP contribution in [0.3, 0.4) is 0 Å². The van der Waals surface area contributed by atoms with Crippen molar-refractivity contribution in [3.8, 4) is 6.07 Å². The minimum absolute atomic E-state index is 0.00122. The topological polar surface area (TPSA) is 70.1 Å². The van der Waals surface area contributed by atoms with Gasteiger partial charge in [-0.2, -0.15) is 5.26 Å². The molecule has 0 spiro atoms. The Morgan fingerprint density at radius 3 is 2.74 bits per heavy atom. The van der Waals surface area contributed by atoms with E-state index in [1.807, 2.05) is 25.3 Å². The number of ketones is 1. The minimum atomic E-state index is -0.513. The summed E-state index contributed by atoms with van der Waals surface area (Å²) < 4.78 is 14.9. The third-order valence-electron chi connectivity index (χ3n) is 5.69. The van der Waals surface area contributed by atoms with Crippen LogP contribution in [-0.4, -0.2) is 11.5 Å². The lowest BCUT2D eigenvalue weighted by atomic mass is 9.69. The second-order valence-electron chi connectivity index (χ2n) is 8.51. The van der Waals surface area contributed by atoms with Gasteiger partial charge in [-0.3, -0.25) is 9.69 Å². The van der Waals surface area contributed by atoms with Crippen molar-refractivity contribution < 1.29 is 9.18 Å². The van der Waals surface area contributed by atoms with Crippen molar-refractivity contribution in [2.75, 3.05) is 10.7 Å². The molecule has 2 aromatic rings. The maximum atomic E-state index is 14.9. The lowest BCUT2D eigenvalue weighted by Gasteiger charge is -2.43. The van der Waals surface area contributed by atoms with Gasteiger partial charge in [-0.25, -0.2) is 4.39 Å². The molecule has 2 heterocycles. The molecule has 1 aromatic heterocycles. The minimum Gasteiger partial charge on any atom is -0.384 e. The number of benzene rings is 1. The summed E-state index contributed by atoms with van der Waals surface area (Å²) in [5.74, 6) is 0.121. The Balaban J connectivity index is 2.01. The van der Waals surface area contributed by atoms with Crippen LogP contribution < -0.4 is 10.6 Å². The maximum absolute atomic E-state index is 14.9. The van der Waals surface area contributed by atoms with Gasteiger partial charge in [-0.15, -0.1) is 23.1 Å². The Bertz CT molecular complexity index is 1160. The molecule has 160 valence electrons. The molecule has 4 nitrogen and oxygen atoms in total. The van der Waals surface area contributed by atoms with Crippen LogP contribution in [0.1, 0.15) is 44.4 Å². The van der Waals surface area contributed by atoms with Crippen molar-refractivity contribution in [1.82, 2.24) is 0 Å². The molecule has 31 heavy (non-hydrogen) atoms. The normalized spacial score (nSPS) is 20.7. The number of Topliss-reactive ketones (excluding diaryl/α,β-unsaturated/α-hetero) is 1. The summed E-state index contributed by atoms with van der Waals surface area (Å²) in [6, 6.07) is 10.6. The summed E-state index contributed by atoms with van der Waals surface area (Å²) in [6.07, 6.45) is 0.952. The monoisotopic (exact) mass is 453 g/mol. The molecule has 4 rings (SSSR count). The lowest BCUT2D eigenvalue weighted by molar-refractivity contribution is -0.118. The second-order valence-corrected chi connectivity index (χ2v) is 10.8. The summed E-state index contributed by atoms with van der Waals surface area (Å²) in [5, 5.41) is 12.1. The summed E-state index contributed by atoms with van der Waals surface area (Å²) in [6.45, 7) is 6.14. The SMILES string of the molecule is CCSc1ccsc1C1C(C#N)=C(N)N(c2ccccc2F)C2=C1C(=O)CC(C)(C)C2. The van der Waals surface area contributed by atoms with Crippen molar-refractivity contribution in [3.63, 3.8) is 0 Å². The number of thiophene rings is 1. The Labute approximate surface area is 190 Å². The summed E-state index contributed by atoms with van der Waals surface area (Å²) in [5.41, 5.74) is 8.12. The zero-order valence-electron chi connectivity index (χ0n) is 17.7. The fourth-order valence-corrected chi connectivity index (χ4v) is 6.52. The standard InChI is InChI=1S/C24H24FN3OS2/c1-4-30-19-9-10-31-22(19)20-14(13-26)23(27)28(16-8-6-5-7-15(16)25)17-11-24(2,3)12-18(29)21(17)20/h5-10,20H,4,11-12,27H2,1-3H3. The van der Waals surface area contributed by atoms with E-state index in [2.05, 4.69) is 13.0 Å². The highest BCUT2D eigenvalue weighted by Crippen LogP contribution is 2.52. The first-order chi connectivity index (χ1) is 14.8. The number of nitrogens with two attached hydrogens (primary N) is 1. The smallest absolute Gasteiger partial charge is 0.162 e. The largest absolute Gasteiger partial charge is 0.384 e. The van der Waals surface area contributed by atoms with Crippen LogP contribution in [0.25, 0.3) is 0 Å². The number of rotatable bonds is 4.